The van der Waals surface area contributed by atoms with E-state index >= 15 is 0 Å². The molecule has 2 aromatic heterocycles. The number of H-pyrrole nitrogens is 1. The van der Waals surface area contributed by atoms with Crippen LogP contribution in [0.2, 0.25) is 0 Å². The minimum absolute atomic E-state index is 0.0682. The summed E-state index contributed by atoms with van der Waals surface area (Å²) in [7, 11) is -1.92. The molecule has 8 nitrogen and oxygen atoms in total. The molecule has 2 heterocycles. The van der Waals surface area contributed by atoms with Crippen molar-refractivity contribution < 1.29 is 12.9 Å². The summed E-state index contributed by atoms with van der Waals surface area (Å²) in [6.07, 6.45) is 1.49. The lowest BCUT2D eigenvalue weighted by Gasteiger charge is -2.06. The summed E-state index contributed by atoms with van der Waals surface area (Å²) in [6.45, 7) is 4.05. The Hall–Kier alpha value is -1.71. The fourth-order valence-corrected chi connectivity index (χ4v) is 2.96. The van der Waals surface area contributed by atoms with Crippen molar-refractivity contribution in [3.63, 3.8) is 0 Å². The molecule has 0 saturated carbocycles. The summed E-state index contributed by atoms with van der Waals surface area (Å²) in [5.74, 6) is 0.602. The molecule has 3 N–H and O–H groups in total. The lowest BCUT2D eigenvalue weighted by molar-refractivity contribution is 0.392. The Morgan fingerprint density at radius 1 is 1.35 bits per heavy atom. The van der Waals surface area contributed by atoms with E-state index in [1.165, 1.54) is 6.20 Å². The second-order valence-electron chi connectivity index (χ2n) is 4.38. The molecule has 0 saturated heterocycles. The average Bonchev–Trinajstić information content (AvgIpc) is 2.96. The highest BCUT2D eigenvalue weighted by Crippen LogP contribution is 2.15. The minimum atomic E-state index is -3.66. The van der Waals surface area contributed by atoms with Gasteiger partial charge in [-0.1, -0.05) is 5.16 Å². The zero-order valence-corrected chi connectivity index (χ0v) is 12.3. The summed E-state index contributed by atoms with van der Waals surface area (Å²) in [5.41, 5.74) is 1.99. The Balaban J connectivity index is 2.17. The molecule has 0 atom stereocenters. The summed E-state index contributed by atoms with van der Waals surface area (Å²) in [4.78, 5) is 0. The first-order chi connectivity index (χ1) is 9.45. The van der Waals surface area contributed by atoms with Gasteiger partial charge in [-0.3, -0.25) is 5.10 Å². The Morgan fingerprint density at radius 2 is 2.10 bits per heavy atom. The van der Waals surface area contributed by atoms with Crippen LogP contribution in [0.25, 0.3) is 0 Å². The highest BCUT2D eigenvalue weighted by molar-refractivity contribution is 7.89. The summed E-state index contributed by atoms with van der Waals surface area (Å²) in [6, 6.07) is 0. The topological polar surface area (TPSA) is 113 Å². The number of hydrogen-bond acceptors (Lipinski definition) is 6. The lowest BCUT2D eigenvalue weighted by Crippen LogP contribution is -2.25. The van der Waals surface area contributed by atoms with E-state index in [4.69, 9.17) is 4.52 Å². The lowest BCUT2D eigenvalue weighted by atomic mass is 10.2. The average molecular weight is 299 g/mol. The molecule has 110 valence electrons. The predicted molar refractivity (Wildman–Crippen MR) is 71.4 cm³/mol. The molecule has 9 heteroatoms. The SMILES string of the molecule is CNCc1cn[nH]c1S(=O)(=O)NCc1c(C)noc1C. The van der Waals surface area contributed by atoms with Crippen molar-refractivity contribution in [1.82, 2.24) is 25.4 Å². The van der Waals surface area contributed by atoms with Crippen molar-refractivity contribution in [3.05, 3.63) is 28.8 Å². The number of aryl methyl sites for hydroxylation is 2. The number of nitrogens with one attached hydrogen (secondary N) is 3. The molecule has 2 aromatic rings. The van der Waals surface area contributed by atoms with Crippen molar-refractivity contribution in [2.24, 2.45) is 0 Å². The molecule has 0 amide bonds. The van der Waals surface area contributed by atoms with Gasteiger partial charge in [0.2, 0.25) is 0 Å². The van der Waals surface area contributed by atoms with E-state index in [0.717, 1.165) is 5.56 Å². The molecular formula is C11H17N5O3S. The van der Waals surface area contributed by atoms with E-state index in [0.29, 0.717) is 23.6 Å². The van der Waals surface area contributed by atoms with Crippen LogP contribution < -0.4 is 10.0 Å². The Labute approximate surface area is 117 Å². The number of sulfonamides is 1. The second-order valence-corrected chi connectivity index (χ2v) is 6.09. The molecular weight excluding hydrogens is 282 g/mol. The number of aromatic nitrogens is 3. The van der Waals surface area contributed by atoms with E-state index in [2.05, 4.69) is 25.4 Å². The van der Waals surface area contributed by atoms with Crippen LogP contribution in [0.15, 0.2) is 15.7 Å². The molecule has 0 aliphatic carbocycles. The zero-order chi connectivity index (χ0) is 14.8. The fourth-order valence-electron chi connectivity index (χ4n) is 1.84. The van der Waals surface area contributed by atoms with Gasteiger partial charge in [0.25, 0.3) is 10.0 Å². The molecule has 20 heavy (non-hydrogen) atoms. The van der Waals surface area contributed by atoms with E-state index < -0.39 is 10.0 Å². The highest BCUT2D eigenvalue weighted by Gasteiger charge is 2.21. The molecule has 0 aliphatic heterocycles. The first-order valence-corrected chi connectivity index (χ1v) is 7.52. The molecule has 0 spiro atoms. The minimum Gasteiger partial charge on any atom is -0.361 e. The smallest absolute Gasteiger partial charge is 0.258 e. The van der Waals surface area contributed by atoms with Crippen LogP contribution in [0.5, 0.6) is 0 Å². The van der Waals surface area contributed by atoms with Crippen molar-refractivity contribution in [2.45, 2.75) is 32.0 Å². The quantitative estimate of drug-likeness (QED) is 0.703. The van der Waals surface area contributed by atoms with E-state index in [1.807, 2.05) is 0 Å². The zero-order valence-electron chi connectivity index (χ0n) is 11.5. The second kappa shape index (κ2) is 5.73. The normalized spacial score (nSPS) is 11.9. The Bertz CT molecular complexity index is 669. The van der Waals surface area contributed by atoms with Crippen LogP contribution in [0.3, 0.4) is 0 Å². The number of hydrogen-bond donors (Lipinski definition) is 3. The van der Waals surface area contributed by atoms with Crippen molar-refractivity contribution >= 4 is 10.0 Å². The monoisotopic (exact) mass is 299 g/mol. The van der Waals surface area contributed by atoms with E-state index in [1.54, 1.807) is 20.9 Å². The Kier molecular flexibility index (Phi) is 4.21. The van der Waals surface area contributed by atoms with Gasteiger partial charge in [-0.25, -0.2) is 13.1 Å². The first-order valence-electron chi connectivity index (χ1n) is 6.04. The third-order valence-electron chi connectivity index (χ3n) is 2.93. The molecule has 0 fully saturated rings. The molecule has 0 radical (unpaired) electrons. The first kappa shape index (κ1) is 14.7. The van der Waals surface area contributed by atoms with Gasteiger partial charge in [0.15, 0.2) is 5.03 Å². The summed E-state index contributed by atoms with van der Waals surface area (Å²) >= 11 is 0. The Morgan fingerprint density at radius 3 is 2.70 bits per heavy atom. The van der Waals surface area contributed by atoms with Crippen LogP contribution in [0.1, 0.15) is 22.6 Å². The van der Waals surface area contributed by atoms with Crippen LogP contribution in [0, 0.1) is 13.8 Å². The van der Waals surface area contributed by atoms with Gasteiger partial charge in [0, 0.05) is 24.2 Å². The molecule has 2 rings (SSSR count). The maximum Gasteiger partial charge on any atom is 0.258 e. The van der Waals surface area contributed by atoms with Crippen molar-refractivity contribution in [2.75, 3.05) is 7.05 Å². The number of rotatable bonds is 6. The van der Waals surface area contributed by atoms with Crippen LogP contribution >= 0.6 is 0 Å². The standard InChI is InChI=1S/C11H17N5O3S/c1-7-10(8(2)19-16-7)6-14-20(17,18)11-9(4-12-3)5-13-15-11/h5,12,14H,4,6H2,1-3H3,(H,13,15). The molecule has 0 bridgehead atoms. The number of aromatic amines is 1. The van der Waals surface area contributed by atoms with Gasteiger partial charge in [-0.15, -0.1) is 0 Å². The highest BCUT2D eigenvalue weighted by atomic mass is 32.2. The van der Waals surface area contributed by atoms with E-state index in [-0.39, 0.29) is 11.6 Å². The molecule has 0 aliphatic rings. The van der Waals surface area contributed by atoms with Gasteiger partial charge in [-0.05, 0) is 20.9 Å². The van der Waals surface area contributed by atoms with Crippen molar-refractivity contribution in [1.29, 1.82) is 0 Å². The van der Waals surface area contributed by atoms with E-state index in [9.17, 15) is 8.42 Å². The molecule has 0 aromatic carbocycles. The van der Waals surface area contributed by atoms with Crippen LogP contribution in [-0.2, 0) is 23.1 Å². The summed E-state index contributed by atoms with van der Waals surface area (Å²) in [5, 5.41) is 13.0. The van der Waals surface area contributed by atoms with Gasteiger partial charge >= 0.3 is 0 Å². The molecule has 0 unspecified atom stereocenters. The summed E-state index contributed by atoms with van der Waals surface area (Å²) < 4.78 is 32.0. The van der Waals surface area contributed by atoms with Crippen LogP contribution in [0.4, 0.5) is 0 Å². The van der Waals surface area contributed by atoms with Gasteiger partial charge < -0.3 is 9.84 Å². The van der Waals surface area contributed by atoms with Gasteiger partial charge in [0.05, 0.1) is 11.9 Å². The largest absolute Gasteiger partial charge is 0.361 e. The third kappa shape index (κ3) is 2.89. The maximum atomic E-state index is 12.2. The fraction of sp³-hybridized carbons (Fsp3) is 0.455. The third-order valence-corrected chi connectivity index (χ3v) is 4.35. The van der Waals surface area contributed by atoms with Crippen molar-refractivity contribution in [3.8, 4) is 0 Å². The van der Waals surface area contributed by atoms with Gasteiger partial charge in [0.1, 0.15) is 5.76 Å². The number of nitrogens with zero attached hydrogens (tertiary/aromatic N) is 2. The maximum absolute atomic E-state index is 12.2. The van der Waals surface area contributed by atoms with Gasteiger partial charge in [-0.2, -0.15) is 5.10 Å². The predicted octanol–water partition coefficient (Wildman–Crippen LogP) is 0.212. The van der Waals surface area contributed by atoms with Crippen LogP contribution in [-0.4, -0.2) is 30.8 Å².